The zero-order chi connectivity index (χ0) is 10.7. The fraction of sp³-hybridized carbons (Fsp3) is 0.200. The van der Waals surface area contributed by atoms with Crippen LogP contribution in [0.3, 0.4) is 0 Å². The third kappa shape index (κ3) is 2.04. The van der Waals surface area contributed by atoms with Gasteiger partial charge in [-0.25, -0.2) is 4.79 Å². The second-order valence-electron chi connectivity index (χ2n) is 2.76. The highest BCUT2D eigenvalue weighted by molar-refractivity contribution is 14.1. The van der Waals surface area contributed by atoms with Gasteiger partial charge in [-0.05, 0) is 46.7 Å². The van der Waals surface area contributed by atoms with Crippen LogP contribution < -0.4 is 0 Å². The maximum absolute atomic E-state index is 10.8. The second kappa shape index (κ2) is 4.42. The summed E-state index contributed by atoms with van der Waals surface area (Å²) in [6, 6.07) is 5.07. The third-order valence-corrected chi connectivity index (χ3v) is 2.92. The van der Waals surface area contributed by atoms with E-state index in [0.717, 1.165) is 15.6 Å². The summed E-state index contributed by atoms with van der Waals surface area (Å²) in [5.74, 6) is -1.05. The summed E-state index contributed by atoms with van der Waals surface area (Å²) in [6.45, 7) is 1.95. The van der Waals surface area contributed by atoms with E-state index in [-0.39, 0.29) is 11.1 Å². The minimum atomic E-state index is -1.05. The Morgan fingerprint density at radius 2 is 2.29 bits per heavy atom. The number of nitriles is 1. The predicted octanol–water partition coefficient (Wildman–Crippen LogP) is 2.42. The molecule has 0 aliphatic heterocycles. The molecule has 1 N–H and O–H groups in total. The lowest BCUT2D eigenvalue weighted by atomic mass is 10.0. The summed E-state index contributed by atoms with van der Waals surface area (Å²) in [4.78, 5) is 10.8. The average molecular weight is 301 g/mol. The van der Waals surface area contributed by atoms with Crippen LogP contribution >= 0.6 is 22.6 Å². The molecule has 0 aliphatic carbocycles. The highest BCUT2D eigenvalue weighted by atomic mass is 127. The lowest BCUT2D eigenvalue weighted by Gasteiger charge is -2.04. The van der Waals surface area contributed by atoms with Crippen LogP contribution in [-0.2, 0) is 6.42 Å². The van der Waals surface area contributed by atoms with Crippen LogP contribution in [-0.4, -0.2) is 11.1 Å². The van der Waals surface area contributed by atoms with Crippen LogP contribution in [0, 0.1) is 14.9 Å². The molecule has 1 aromatic carbocycles. The van der Waals surface area contributed by atoms with Crippen LogP contribution in [0.25, 0.3) is 0 Å². The van der Waals surface area contributed by atoms with Gasteiger partial charge in [0.05, 0.1) is 11.1 Å². The molecule has 1 aromatic rings. The van der Waals surface area contributed by atoms with Crippen LogP contribution in [0.4, 0.5) is 0 Å². The summed E-state index contributed by atoms with van der Waals surface area (Å²) in [5, 5.41) is 17.6. The van der Waals surface area contributed by atoms with Crippen molar-refractivity contribution >= 4 is 28.6 Å². The van der Waals surface area contributed by atoms with Gasteiger partial charge in [-0.15, -0.1) is 0 Å². The summed E-state index contributed by atoms with van der Waals surface area (Å²) >= 11 is 2.11. The van der Waals surface area contributed by atoms with Gasteiger partial charge in [0, 0.05) is 3.57 Å². The lowest BCUT2D eigenvalue weighted by molar-refractivity contribution is 0.0696. The SMILES string of the molecule is CCc1cc(C(=O)O)c(C#N)cc1I. The van der Waals surface area contributed by atoms with Crippen molar-refractivity contribution in [3.8, 4) is 6.07 Å². The van der Waals surface area contributed by atoms with Gasteiger partial charge in [0.15, 0.2) is 0 Å². The van der Waals surface area contributed by atoms with E-state index in [0.29, 0.717) is 0 Å². The quantitative estimate of drug-likeness (QED) is 0.853. The molecule has 0 saturated heterocycles. The third-order valence-electron chi connectivity index (χ3n) is 1.92. The fourth-order valence-corrected chi connectivity index (χ4v) is 2.01. The molecule has 0 aliphatic rings. The molecular formula is C10H8INO2. The fourth-order valence-electron chi connectivity index (χ4n) is 1.16. The number of rotatable bonds is 2. The molecule has 0 atom stereocenters. The van der Waals surface area contributed by atoms with Gasteiger partial charge < -0.3 is 5.11 Å². The molecule has 0 radical (unpaired) electrons. The Kier molecular flexibility index (Phi) is 3.47. The molecule has 0 saturated carbocycles. The number of carbonyl (C=O) groups is 1. The second-order valence-corrected chi connectivity index (χ2v) is 3.92. The molecule has 0 bridgehead atoms. The zero-order valence-corrected chi connectivity index (χ0v) is 9.70. The van der Waals surface area contributed by atoms with Crippen LogP contribution in [0.2, 0.25) is 0 Å². The molecule has 0 spiro atoms. The molecule has 14 heavy (non-hydrogen) atoms. The van der Waals surface area contributed by atoms with Crippen LogP contribution in [0.1, 0.15) is 28.4 Å². The summed E-state index contributed by atoms with van der Waals surface area (Å²) in [6.07, 6.45) is 0.768. The largest absolute Gasteiger partial charge is 0.478 e. The Hall–Kier alpha value is -1.09. The Labute approximate surface area is 95.5 Å². The topological polar surface area (TPSA) is 61.1 Å². The van der Waals surface area contributed by atoms with Crippen molar-refractivity contribution in [1.29, 1.82) is 5.26 Å². The van der Waals surface area contributed by atoms with Gasteiger partial charge in [0.25, 0.3) is 0 Å². The Balaban J connectivity index is 3.42. The highest BCUT2D eigenvalue weighted by Gasteiger charge is 2.12. The monoisotopic (exact) mass is 301 g/mol. The molecular weight excluding hydrogens is 293 g/mol. The van der Waals surface area contributed by atoms with Crippen molar-refractivity contribution in [3.63, 3.8) is 0 Å². The summed E-state index contributed by atoms with van der Waals surface area (Å²) < 4.78 is 0.937. The number of hydrogen-bond donors (Lipinski definition) is 1. The minimum Gasteiger partial charge on any atom is -0.478 e. The average Bonchev–Trinajstić information content (AvgIpc) is 2.16. The molecule has 0 fully saturated rings. The molecule has 72 valence electrons. The van der Waals surface area contributed by atoms with Crippen molar-refractivity contribution in [2.24, 2.45) is 0 Å². The van der Waals surface area contributed by atoms with Gasteiger partial charge in [-0.1, -0.05) is 6.92 Å². The first-order chi connectivity index (χ1) is 6.60. The summed E-state index contributed by atoms with van der Waals surface area (Å²) in [5.41, 5.74) is 1.27. The maximum Gasteiger partial charge on any atom is 0.337 e. The first kappa shape index (κ1) is 11.0. The lowest BCUT2D eigenvalue weighted by Crippen LogP contribution is -2.03. The normalized spacial score (nSPS) is 9.50. The predicted molar refractivity (Wildman–Crippen MR) is 60.2 cm³/mol. The van der Waals surface area contributed by atoms with E-state index in [1.807, 2.05) is 13.0 Å². The molecule has 4 heteroatoms. The number of carboxylic acids is 1. The smallest absolute Gasteiger partial charge is 0.337 e. The van der Waals surface area contributed by atoms with E-state index < -0.39 is 5.97 Å². The number of hydrogen-bond acceptors (Lipinski definition) is 2. The number of aromatic carboxylic acids is 1. The number of halogens is 1. The summed E-state index contributed by atoms with van der Waals surface area (Å²) in [7, 11) is 0. The minimum absolute atomic E-state index is 0.0877. The van der Waals surface area contributed by atoms with Crippen molar-refractivity contribution in [3.05, 3.63) is 32.4 Å². The number of nitrogens with zero attached hydrogens (tertiary/aromatic N) is 1. The van der Waals surface area contributed by atoms with E-state index in [2.05, 4.69) is 22.6 Å². The molecule has 1 rings (SSSR count). The van der Waals surface area contributed by atoms with E-state index in [1.54, 1.807) is 12.1 Å². The van der Waals surface area contributed by atoms with E-state index >= 15 is 0 Å². The van der Waals surface area contributed by atoms with Gasteiger partial charge in [0.1, 0.15) is 6.07 Å². The first-order valence-corrected chi connectivity index (χ1v) is 5.13. The van der Waals surface area contributed by atoms with Gasteiger partial charge in [0.2, 0.25) is 0 Å². The van der Waals surface area contributed by atoms with E-state index in [4.69, 9.17) is 10.4 Å². The zero-order valence-electron chi connectivity index (χ0n) is 7.54. The van der Waals surface area contributed by atoms with Gasteiger partial charge in [-0.3, -0.25) is 0 Å². The maximum atomic E-state index is 10.8. The molecule has 3 nitrogen and oxygen atoms in total. The molecule has 0 unspecified atom stereocenters. The molecule has 0 heterocycles. The van der Waals surface area contributed by atoms with Crippen molar-refractivity contribution < 1.29 is 9.90 Å². The number of carboxylic acid groups (broad SMARTS) is 1. The van der Waals surface area contributed by atoms with E-state index in [1.165, 1.54) is 0 Å². The Morgan fingerprint density at radius 1 is 1.64 bits per heavy atom. The number of benzene rings is 1. The molecule has 0 aromatic heterocycles. The highest BCUT2D eigenvalue weighted by Crippen LogP contribution is 2.19. The van der Waals surface area contributed by atoms with E-state index in [9.17, 15) is 4.79 Å². The Bertz CT molecular complexity index is 421. The van der Waals surface area contributed by atoms with Crippen molar-refractivity contribution in [2.75, 3.05) is 0 Å². The standard InChI is InChI=1S/C10H8INO2/c1-2-6-3-8(10(13)14)7(5-12)4-9(6)11/h3-4H,2H2,1H3,(H,13,14). The van der Waals surface area contributed by atoms with Gasteiger partial charge in [-0.2, -0.15) is 5.26 Å². The van der Waals surface area contributed by atoms with Crippen LogP contribution in [0.5, 0.6) is 0 Å². The van der Waals surface area contributed by atoms with Gasteiger partial charge >= 0.3 is 5.97 Å². The molecule has 0 amide bonds. The number of aryl methyl sites for hydroxylation is 1. The van der Waals surface area contributed by atoms with Crippen LogP contribution in [0.15, 0.2) is 12.1 Å². The Morgan fingerprint density at radius 3 is 2.71 bits per heavy atom. The first-order valence-electron chi connectivity index (χ1n) is 4.06. The van der Waals surface area contributed by atoms with Crippen molar-refractivity contribution in [1.82, 2.24) is 0 Å². The van der Waals surface area contributed by atoms with Crippen molar-refractivity contribution in [2.45, 2.75) is 13.3 Å².